The van der Waals surface area contributed by atoms with Gasteiger partial charge in [-0.3, -0.25) is 4.90 Å². The molecule has 0 radical (unpaired) electrons. The number of nitrogens with zero attached hydrogens (tertiary/aromatic N) is 2. The lowest BCUT2D eigenvalue weighted by atomic mass is 9.82. The minimum absolute atomic E-state index is 0.229. The molecule has 1 heterocycles. The molecule has 4 nitrogen and oxygen atoms in total. The Morgan fingerprint density at radius 3 is 2.50 bits per heavy atom. The Morgan fingerprint density at radius 1 is 0.962 bits per heavy atom. The fraction of sp³-hybridized carbons (Fsp3) is 0.455. The van der Waals surface area contributed by atoms with Gasteiger partial charge in [0, 0.05) is 50.5 Å². The van der Waals surface area contributed by atoms with E-state index in [-0.39, 0.29) is 6.04 Å². The normalized spacial score (nSPS) is 23.7. The van der Waals surface area contributed by atoms with E-state index in [1.807, 2.05) is 0 Å². The Bertz CT molecular complexity index is 764. The Morgan fingerprint density at radius 2 is 1.73 bits per heavy atom. The molecule has 0 bridgehead atoms. The minimum Gasteiger partial charge on any atom is -0.369 e. The highest BCUT2D eigenvalue weighted by Crippen LogP contribution is 2.28. The molecule has 2 aliphatic rings. The number of anilines is 1. The van der Waals surface area contributed by atoms with E-state index in [2.05, 4.69) is 59.2 Å². The lowest BCUT2D eigenvalue weighted by Gasteiger charge is -2.44. The van der Waals surface area contributed by atoms with Crippen LogP contribution in [0.5, 0.6) is 0 Å². The third-order valence-electron chi connectivity index (χ3n) is 6.21. The van der Waals surface area contributed by atoms with Crippen molar-refractivity contribution in [2.24, 2.45) is 11.5 Å². The van der Waals surface area contributed by atoms with E-state index in [1.54, 1.807) is 0 Å². The van der Waals surface area contributed by atoms with Gasteiger partial charge in [0.05, 0.1) is 0 Å². The number of nitrogens with two attached hydrogens (primary N) is 2. The van der Waals surface area contributed by atoms with Crippen LogP contribution in [0.25, 0.3) is 0 Å². The highest BCUT2D eigenvalue weighted by atomic mass is 15.3. The van der Waals surface area contributed by atoms with Crippen LogP contribution in [0.4, 0.5) is 5.69 Å². The molecule has 1 fully saturated rings. The first-order chi connectivity index (χ1) is 12.7. The molecule has 2 aromatic carbocycles. The van der Waals surface area contributed by atoms with Crippen LogP contribution in [-0.4, -0.2) is 43.2 Å². The number of rotatable bonds is 3. The third kappa shape index (κ3) is 3.25. The van der Waals surface area contributed by atoms with E-state index in [0.717, 1.165) is 39.0 Å². The van der Waals surface area contributed by atoms with Gasteiger partial charge in [0.15, 0.2) is 0 Å². The molecular formula is C22H30N4. The number of para-hydroxylation sites is 1. The van der Waals surface area contributed by atoms with Crippen molar-refractivity contribution in [3.63, 3.8) is 0 Å². The number of aryl methyl sites for hydroxylation is 1. The SMILES string of the molecule is Cc1cccc2c1CC(N1CCN(c3ccccc3CN)CC1)C(N)C2. The van der Waals surface area contributed by atoms with Gasteiger partial charge in [-0.2, -0.15) is 0 Å². The summed E-state index contributed by atoms with van der Waals surface area (Å²) >= 11 is 0. The zero-order valence-electron chi connectivity index (χ0n) is 15.7. The summed E-state index contributed by atoms with van der Waals surface area (Å²) < 4.78 is 0. The number of piperazine rings is 1. The average molecular weight is 351 g/mol. The summed E-state index contributed by atoms with van der Waals surface area (Å²) in [6, 6.07) is 15.8. The molecule has 26 heavy (non-hydrogen) atoms. The van der Waals surface area contributed by atoms with E-state index in [0.29, 0.717) is 12.6 Å². The predicted octanol–water partition coefficient (Wildman–Crippen LogP) is 2.07. The van der Waals surface area contributed by atoms with Gasteiger partial charge in [0.25, 0.3) is 0 Å². The van der Waals surface area contributed by atoms with E-state index in [9.17, 15) is 0 Å². The van der Waals surface area contributed by atoms with Crippen LogP contribution in [-0.2, 0) is 19.4 Å². The molecular weight excluding hydrogens is 320 g/mol. The van der Waals surface area contributed by atoms with E-state index < -0.39 is 0 Å². The third-order valence-corrected chi connectivity index (χ3v) is 6.21. The van der Waals surface area contributed by atoms with Crippen molar-refractivity contribution in [3.05, 3.63) is 64.7 Å². The number of benzene rings is 2. The van der Waals surface area contributed by atoms with Gasteiger partial charge in [-0.25, -0.2) is 0 Å². The second-order valence-corrected chi connectivity index (χ2v) is 7.71. The maximum absolute atomic E-state index is 6.59. The first-order valence-electron chi connectivity index (χ1n) is 9.77. The topological polar surface area (TPSA) is 58.5 Å². The molecule has 4 N–H and O–H groups in total. The van der Waals surface area contributed by atoms with Crippen molar-refractivity contribution in [1.82, 2.24) is 4.90 Å². The number of fused-ring (bicyclic) bond motifs is 1. The summed E-state index contributed by atoms with van der Waals surface area (Å²) in [6.45, 7) is 7.05. The average Bonchev–Trinajstić information content (AvgIpc) is 2.68. The van der Waals surface area contributed by atoms with Crippen LogP contribution >= 0.6 is 0 Å². The molecule has 0 saturated carbocycles. The number of hydrogen-bond donors (Lipinski definition) is 2. The molecule has 4 rings (SSSR count). The van der Waals surface area contributed by atoms with Crippen molar-refractivity contribution >= 4 is 5.69 Å². The monoisotopic (exact) mass is 350 g/mol. The first-order valence-corrected chi connectivity index (χ1v) is 9.77. The summed E-state index contributed by atoms with van der Waals surface area (Å²) in [5.74, 6) is 0. The van der Waals surface area contributed by atoms with Crippen LogP contribution < -0.4 is 16.4 Å². The molecule has 0 amide bonds. The fourth-order valence-corrected chi connectivity index (χ4v) is 4.68. The molecule has 0 spiro atoms. The van der Waals surface area contributed by atoms with Gasteiger partial charge in [-0.05, 0) is 48.1 Å². The van der Waals surface area contributed by atoms with Crippen LogP contribution in [0.3, 0.4) is 0 Å². The van der Waals surface area contributed by atoms with Crippen molar-refractivity contribution < 1.29 is 0 Å². The van der Waals surface area contributed by atoms with Crippen molar-refractivity contribution in [1.29, 1.82) is 0 Å². The second-order valence-electron chi connectivity index (χ2n) is 7.71. The largest absolute Gasteiger partial charge is 0.369 e. The Balaban J connectivity index is 1.46. The van der Waals surface area contributed by atoms with Crippen LogP contribution in [0, 0.1) is 6.92 Å². The van der Waals surface area contributed by atoms with E-state index >= 15 is 0 Å². The zero-order chi connectivity index (χ0) is 18.1. The summed E-state index contributed by atoms with van der Waals surface area (Å²) in [5, 5.41) is 0. The van der Waals surface area contributed by atoms with Crippen molar-refractivity contribution in [2.45, 2.75) is 38.4 Å². The van der Waals surface area contributed by atoms with Gasteiger partial charge < -0.3 is 16.4 Å². The quantitative estimate of drug-likeness (QED) is 0.890. The lowest BCUT2D eigenvalue weighted by Crippen LogP contribution is -2.58. The molecule has 0 aromatic heterocycles. The highest BCUT2D eigenvalue weighted by molar-refractivity contribution is 5.54. The Labute approximate surface area is 156 Å². The zero-order valence-corrected chi connectivity index (χ0v) is 15.7. The van der Waals surface area contributed by atoms with Crippen LogP contribution in [0.2, 0.25) is 0 Å². The van der Waals surface area contributed by atoms with Crippen LogP contribution in [0.1, 0.15) is 22.3 Å². The minimum atomic E-state index is 0.229. The van der Waals surface area contributed by atoms with Crippen molar-refractivity contribution in [3.8, 4) is 0 Å². The number of hydrogen-bond acceptors (Lipinski definition) is 4. The summed E-state index contributed by atoms with van der Waals surface area (Å²) in [6.07, 6.45) is 2.08. The molecule has 2 unspecified atom stereocenters. The van der Waals surface area contributed by atoms with Crippen LogP contribution in [0.15, 0.2) is 42.5 Å². The predicted molar refractivity (Wildman–Crippen MR) is 108 cm³/mol. The molecule has 4 heteroatoms. The summed E-state index contributed by atoms with van der Waals surface area (Å²) in [5.41, 5.74) is 19.4. The van der Waals surface area contributed by atoms with Gasteiger partial charge in [0.2, 0.25) is 0 Å². The molecule has 1 aliphatic heterocycles. The molecule has 2 aromatic rings. The lowest BCUT2D eigenvalue weighted by molar-refractivity contribution is 0.153. The Hall–Kier alpha value is -1.88. The smallest absolute Gasteiger partial charge is 0.0412 e. The van der Waals surface area contributed by atoms with Gasteiger partial charge in [-0.15, -0.1) is 0 Å². The van der Waals surface area contributed by atoms with E-state index in [1.165, 1.54) is 27.9 Å². The first kappa shape index (κ1) is 17.5. The van der Waals surface area contributed by atoms with Gasteiger partial charge in [-0.1, -0.05) is 36.4 Å². The Kier molecular flexibility index (Phi) is 4.98. The highest BCUT2D eigenvalue weighted by Gasteiger charge is 2.33. The summed E-state index contributed by atoms with van der Waals surface area (Å²) in [4.78, 5) is 5.09. The molecule has 2 atom stereocenters. The summed E-state index contributed by atoms with van der Waals surface area (Å²) in [7, 11) is 0. The maximum atomic E-state index is 6.59. The molecule has 138 valence electrons. The van der Waals surface area contributed by atoms with Gasteiger partial charge >= 0.3 is 0 Å². The molecule has 1 saturated heterocycles. The molecule has 1 aliphatic carbocycles. The van der Waals surface area contributed by atoms with Crippen molar-refractivity contribution in [2.75, 3.05) is 31.1 Å². The van der Waals surface area contributed by atoms with Gasteiger partial charge in [0.1, 0.15) is 0 Å². The van der Waals surface area contributed by atoms with E-state index in [4.69, 9.17) is 11.5 Å². The standard InChI is InChI=1S/C22H30N4/c1-16-5-4-7-17-13-20(24)22(14-19(16)17)26-11-9-25(10-12-26)21-8-3-2-6-18(21)15-23/h2-8,20,22H,9-15,23-24H2,1H3. The second kappa shape index (κ2) is 7.39. The maximum Gasteiger partial charge on any atom is 0.0412 e. The fourth-order valence-electron chi connectivity index (χ4n) is 4.68.